The molecule has 0 saturated heterocycles. The SMILES string of the molecule is CCOP(=O)(OCC)[C@@H](N)c1c(CO)cnc(C)c1O. The minimum Gasteiger partial charge on any atom is -0.506 e. The predicted octanol–water partition coefficient (Wildman–Crippen LogP) is 1.81. The van der Waals surface area contributed by atoms with E-state index in [4.69, 9.17) is 14.8 Å². The van der Waals surface area contributed by atoms with E-state index in [1.54, 1.807) is 20.8 Å². The molecule has 0 saturated carbocycles. The van der Waals surface area contributed by atoms with Gasteiger partial charge in [0, 0.05) is 17.3 Å². The Hall–Kier alpha value is -0.980. The van der Waals surface area contributed by atoms with Crippen molar-refractivity contribution in [3.63, 3.8) is 0 Å². The Morgan fingerprint density at radius 3 is 2.40 bits per heavy atom. The Balaban J connectivity index is 3.34. The zero-order valence-electron chi connectivity index (χ0n) is 11.9. The van der Waals surface area contributed by atoms with Crippen molar-refractivity contribution < 1.29 is 23.8 Å². The molecule has 0 aromatic carbocycles. The fourth-order valence-corrected chi connectivity index (χ4v) is 3.54. The van der Waals surface area contributed by atoms with Crippen molar-refractivity contribution in [2.75, 3.05) is 13.2 Å². The number of aliphatic hydroxyl groups excluding tert-OH is 1. The van der Waals surface area contributed by atoms with Crippen LogP contribution in [0.4, 0.5) is 0 Å². The largest absolute Gasteiger partial charge is 0.506 e. The van der Waals surface area contributed by atoms with Crippen molar-refractivity contribution in [3.8, 4) is 5.75 Å². The lowest BCUT2D eigenvalue weighted by Crippen LogP contribution is -2.17. The number of rotatable bonds is 7. The quantitative estimate of drug-likeness (QED) is 0.658. The highest BCUT2D eigenvalue weighted by Gasteiger charge is 2.37. The third-order valence-corrected chi connectivity index (χ3v) is 4.96. The highest BCUT2D eigenvalue weighted by Crippen LogP contribution is 2.60. The maximum Gasteiger partial charge on any atom is 0.351 e. The van der Waals surface area contributed by atoms with E-state index in [1.807, 2.05) is 0 Å². The number of nitrogens with two attached hydrogens (primary N) is 1. The molecule has 1 aromatic rings. The molecular weight excluding hydrogens is 283 g/mol. The maximum atomic E-state index is 12.7. The van der Waals surface area contributed by atoms with Crippen molar-refractivity contribution >= 4 is 7.60 Å². The van der Waals surface area contributed by atoms with Gasteiger partial charge >= 0.3 is 7.60 Å². The van der Waals surface area contributed by atoms with Gasteiger partial charge in [-0.3, -0.25) is 9.55 Å². The molecule has 0 bridgehead atoms. The second kappa shape index (κ2) is 7.15. The zero-order chi connectivity index (χ0) is 15.3. The van der Waals surface area contributed by atoms with Gasteiger partial charge in [0.25, 0.3) is 0 Å². The lowest BCUT2D eigenvalue weighted by atomic mass is 10.1. The van der Waals surface area contributed by atoms with Crippen LogP contribution in [0.5, 0.6) is 5.75 Å². The van der Waals surface area contributed by atoms with Crippen molar-refractivity contribution in [2.24, 2.45) is 5.73 Å². The molecule has 8 heteroatoms. The standard InChI is InChI=1S/C12H21N2O5P/c1-4-18-20(17,19-5-2)12(13)10-9(7-15)6-14-8(3)11(10)16/h6,12,15-16H,4-5,7,13H2,1-3H3/t12-/m1/s1. The van der Waals surface area contributed by atoms with Gasteiger partial charge in [-0.25, -0.2) is 0 Å². The van der Waals surface area contributed by atoms with E-state index in [9.17, 15) is 14.8 Å². The summed E-state index contributed by atoms with van der Waals surface area (Å²) >= 11 is 0. The minimum atomic E-state index is -3.64. The molecule has 0 aliphatic rings. The highest BCUT2D eigenvalue weighted by molar-refractivity contribution is 7.54. The molecular formula is C12H21N2O5P. The molecule has 7 nitrogen and oxygen atoms in total. The summed E-state index contributed by atoms with van der Waals surface area (Å²) in [6.45, 7) is 4.85. The van der Waals surface area contributed by atoms with E-state index < -0.39 is 13.4 Å². The minimum absolute atomic E-state index is 0.144. The first kappa shape index (κ1) is 17.1. The van der Waals surface area contributed by atoms with Crippen LogP contribution >= 0.6 is 7.60 Å². The molecule has 4 N–H and O–H groups in total. The molecule has 0 amide bonds. The first-order chi connectivity index (χ1) is 9.41. The van der Waals surface area contributed by atoms with Crippen LogP contribution in [0.2, 0.25) is 0 Å². The first-order valence-corrected chi connectivity index (χ1v) is 7.95. The highest BCUT2D eigenvalue weighted by atomic mass is 31.2. The van der Waals surface area contributed by atoms with Crippen LogP contribution in [0.25, 0.3) is 0 Å². The molecule has 0 aliphatic heterocycles. The second-order valence-corrected chi connectivity index (χ2v) is 6.26. The summed E-state index contributed by atoms with van der Waals surface area (Å²) in [5.74, 6) is -1.39. The van der Waals surface area contributed by atoms with Crippen molar-refractivity contribution in [2.45, 2.75) is 33.2 Å². The van der Waals surface area contributed by atoms with Gasteiger partial charge < -0.3 is 25.0 Å². The van der Waals surface area contributed by atoms with Crippen LogP contribution in [0, 0.1) is 6.92 Å². The van der Waals surface area contributed by atoms with Crippen LogP contribution in [-0.2, 0) is 20.2 Å². The number of aromatic nitrogens is 1. The predicted molar refractivity (Wildman–Crippen MR) is 74.3 cm³/mol. The monoisotopic (exact) mass is 304 g/mol. The van der Waals surface area contributed by atoms with Crippen LogP contribution in [0.3, 0.4) is 0 Å². The Morgan fingerprint density at radius 2 is 1.95 bits per heavy atom. The molecule has 0 spiro atoms. The van der Waals surface area contributed by atoms with E-state index in [0.29, 0.717) is 11.3 Å². The molecule has 1 atom stereocenters. The summed E-state index contributed by atoms with van der Waals surface area (Å²) in [5.41, 5.74) is 6.74. The molecule has 20 heavy (non-hydrogen) atoms. The lowest BCUT2D eigenvalue weighted by Gasteiger charge is -2.25. The number of hydrogen-bond donors (Lipinski definition) is 3. The van der Waals surface area contributed by atoms with E-state index in [-0.39, 0.29) is 31.1 Å². The molecule has 114 valence electrons. The topological polar surface area (TPSA) is 115 Å². The maximum absolute atomic E-state index is 12.7. The van der Waals surface area contributed by atoms with Gasteiger partial charge in [0.2, 0.25) is 0 Å². The van der Waals surface area contributed by atoms with Gasteiger partial charge in [-0.15, -0.1) is 0 Å². The summed E-state index contributed by atoms with van der Waals surface area (Å²) in [4.78, 5) is 3.93. The summed E-state index contributed by atoms with van der Waals surface area (Å²) in [5, 5.41) is 19.4. The molecule has 0 radical (unpaired) electrons. The molecule has 0 aliphatic carbocycles. The van der Waals surface area contributed by atoms with Gasteiger partial charge in [0.15, 0.2) is 0 Å². The fourth-order valence-electron chi connectivity index (χ4n) is 1.82. The van der Waals surface area contributed by atoms with Crippen molar-refractivity contribution in [1.82, 2.24) is 4.98 Å². The zero-order valence-corrected chi connectivity index (χ0v) is 12.8. The number of nitrogens with zero attached hydrogens (tertiary/aromatic N) is 1. The number of aryl methyl sites for hydroxylation is 1. The van der Waals surface area contributed by atoms with Gasteiger partial charge in [0.05, 0.1) is 25.5 Å². The molecule has 1 rings (SSSR count). The summed E-state index contributed by atoms with van der Waals surface area (Å²) in [6.07, 6.45) is 1.38. The average molecular weight is 304 g/mol. The molecule has 1 aromatic heterocycles. The molecule has 1 heterocycles. The summed E-state index contributed by atoms with van der Waals surface area (Å²) < 4.78 is 23.0. The Kier molecular flexibility index (Phi) is 6.10. The van der Waals surface area contributed by atoms with Gasteiger partial charge in [-0.2, -0.15) is 0 Å². The normalized spacial score (nSPS) is 13.4. The Bertz CT molecular complexity index is 499. The number of hydrogen-bond acceptors (Lipinski definition) is 7. The van der Waals surface area contributed by atoms with E-state index in [2.05, 4.69) is 4.98 Å². The van der Waals surface area contributed by atoms with Gasteiger partial charge in [-0.05, 0) is 20.8 Å². The van der Waals surface area contributed by atoms with E-state index in [0.717, 1.165) is 0 Å². The third-order valence-electron chi connectivity index (χ3n) is 2.78. The molecule has 0 unspecified atom stereocenters. The van der Waals surface area contributed by atoms with Gasteiger partial charge in [0.1, 0.15) is 11.5 Å². The van der Waals surface area contributed by atoms with E-state index >= 15 is 0 Å². The van der Waals surface area contributed by atoms with E-state index in [1.165, 1.54) is 6.20 Å². The smallest absolute Gasteiger partial charge is 0.351 e. The number of pyridine rings is 1. The van der Waals surface area contributed by atoms with Crippen LogP contribution in [-0.4, -0.2) is 28.4 Å². The van der Waals surface area contributed by atoms with Crippen molar-refractivity contribution in [3.05, 3.63) is 23.0 Å². The lowest BCUT2D eigenvalue weighted by molar-refractivity contribution is 0.211. The third kappa shape index (κ3) is 3.37. The molecule has 0 fully saturated rings. The number of aliphatic hydroxyl groups is 1. The van der Waals surface area contributed by atoms with Crippen LogP contribution < -0.4 is 5.73 Å². The Morgan fingerprint density at radius 1 is 1.40 bits per heavy atom. The summed E-state index contributed by atoms with van der Waals surface area (Å²) in [6, 6.07) is 0. The van der Waals surface area contributed by atoms with Crippen LogP contribution in [0.15, 0.2) is 6.20 Å². The average Bonchev–Trinajstić information content (AvgIpc) is 2.41. The fraction of sp³-hybridized carbons (Fsp3) is 0.583. The van der Waals surface area contributed by atoms with Gasteiger partial charge in [-0.1, -0.05) is 0 Å². The second-order valence-electron chi connectivity index (χ2n) is 4.11. The van der Waals surface area contributed by atoms with Crippen LogP contribution in [0.1, 0.15) is 36.5 Å². The number of aromatic hydroxyl groups is 1. The first-order valence-electron chi connectivity index (χ1n) is 6.33. The van der Waals surface area contributed by atoms with Crippen molar-refractivity contribution in [1.29, 1.82) is 0 Å². The summed E-state index contributed by atoms with van der Waals surface area (Å²) in [7, 11) is -3.64. The Labute approximate surface area is 118 Å².